The molecule has 0 bridgehead atoms. The number of furan rings is 1. The van der Waals surface area contributed by atoms with Gasteiger partial charge < -0.3 is 23.9 Å². The minimum Gasteiger partial charge on any atom is -0.463 e. The Hall–Kier alpha value is -4.15. The molecule has 0 spiro atoms. The number of rotatable bonds is 6. The van der Waals surface area contributed by atoms with E-state index in [0.717, 1.165) is 63.6 Å². The number of fused-ring (bicyclic) bond motifs is 4. The number of piperazine rings is 1. The molecule has 7 rings (SSSR count). The fraction of sp³-hybridized carbons (Fsp3) is 0.394. The molecule has 228 valence electrons. The van der Waals surface area contributed by atoms with Gasteiger partial charge in [-0.05, 0) is 82.6 Å². The number of nitrogens with zero attached hydrogens (tertiary/aromatic N) is 6. The lowest BCUT2D eigenvalue weighted by atomic mass is 9.95. The SMILES string of the molecule is C=CC(=O)N1C[C@H](C)N(c2nc(OC[C@@H]3CCCN3C)nc3cc(-c4c(Cl)c(C)cc5[nH]ncc45)c4ccoc4c23)C[C@H]1C. The molecule has 1 N–H and O–H groups in total. The van der Waals surface area contributed by atoms with Gasteiger partial charge in [0.25, 0.3) is 0 Å². The molecule has 2 aromatic carbocycles. The van der Waals surface area contributed by atoms with Crippen molar-refractivity contribution in [1.82, 2.24) is 30.0 Å². The summed E-state index contributed by atoms with van der Waals surface area (Å²) in [5, 5.41) is 10.7. The smallest absolute Gasteiger partial charge is 0.319 e. The highest BCUT2D eigenvalue weighted by Gasteiger charge is 2.34. The Morgan fingerprint density at radius 1 is 1.23 bits per heavy atom. The second kappa shape index (κ2) is 11.1. The first-order valence-corrected chi connectivity index (χ1v) is 15.5. The van der Waals surface area contributed by atoms with Crippen LogP contribution in [0.25, 0.3) is 43.9 Å². The van der Waals surface area contributed by atoms with Crippen molar-refractivity contribution in [3.8, 4) is 17.1 Å². The lowest BCUT2D eigenvalue weighted by Crippen LogP contribution is -2.58. The molecule has 0 radical (unpaired) electrons. The minimum atomic E-state index is -0.0695. The molecular weight excluding hydrogens is 578 g/mol. The molecule has 3 atom stereocenters. The van der Waals surface area contributed by atoms with Gasteiger partial charge in [0, 0.05) is 47.6 Å². The van der Waals surface area contributed by atoms with Crippen LogP contribution in [0.2, 0.25) is 5.02 Å². The Morgan fingerprint density at radius 2 is 2.07 bits per heavy atom. The van der Waals surface area contributed by atoms with Crippen LogP contribution in [-0.4, -0.2) is 87.3 Å². The van der Waals surface area contributed by atoms with Crippen molar-refractivity contribution >= 4 is 56.1 Å². The largest absolute Gasteiger partial charge is 0.463 e. The van der Waals surface area contributed by atoms with Crippen LogP contribution in [0.5, 0.6) is 6.01 Å². The number of aryl methyl sites for hydroxylation is 1. The summed E-state index contributed by atoms with van der Waals surface area (Å²) in [7, 11) is 2.13. The summed E-state index contributed by atoms with van der Waals surface area (Å²) < 4.78 is 12.6. The number of carbonyl (C=O) groups excluding carboxylic acids is 1. The molecule has 44 heavy (non-hydrogen) atoms. The number of likely N-dealkylation sites (tertiary alicyclic amines) is 1. The van der Waals surface area contributed by atoms with Crippen molar-refractivity contribution in [2.75, 3.05) is 38.2 Å². The molecule has 2 aliphatic rings. The van der Waals surface area contributed by atoms with Gasteiger partial charge in [-0.15, -0.1) is 0 Å². The number of halogens is 1. The predicted octanol–water partition coefficient (Wildman–Crippen LogP) is 5.97. The van der Waals surface area contributed by atoms with Crippen LogP contribution >= 0.6 is 11.6 Å². The summed E-state index contributed by atoms with van der Waals surface area (Å²) in [6.07, 6.45) is 7.11. The lowest BCUT2D eigenvalue weighted by Gasteiger charge is -2.44. The first kappa shape index (κ1) is 28.6. The molecule has 10 nitrogen and oxygen atoms in total. The summed E-state index contributed by atoms with van der Waals surface area (Å²) >= 11 is 7.01. The Kier molecular flexibility index (Phi) is 7.21. The van der Waals surface area contributed by atoms with Crippen LogP contribution in [0.15, 0.2) is 47.7 Å². The van der Waals surface area contributed by atoms with Crippen molar-refractivity contribution in [2.24, 2.45) is 0 Å². The molecule has 1 amide bonds. The molecule has 5 heterocycles. The number of H-pyrrole nitrogens is 1. The summed E-state index contributed by atoms with van der Waals surface area (Å²) in [5.74, 6) is 0.657. The Morgan fingerprint density at radius 3 is 2.84 bits per heavy atom. The zero-order chi connectivity index (χ0) is 30.7. The van der Waals surface area contributed by atoms with Crippen LogP contribution < -0.4 is 9.64 Å². The molecule has 2 saturated heterocycles. The Balaban J connectivity index is 1.43. The number of hydrogen-bond donors (Lipinski definition) is 1. The average molecular weight is 614 g/mol. The van der Waals surface area contributed by atoms with E-state index < -0.39 is 0 Å². The number of aromatic nitrogens is 4. The van der Waals surface area contributed by atoms with E-state index in [9.17, 15) is 4.79 Å². The van der Waals surface area contributed by atoms with E-state index in [0.29, 0.717) is 47.9 Å². The van der Waals surface area contributed by atoms with Crippen LogP contribution in [0.1, 0.15) is 32.3 Å². The maximum atomic E-state index is 12.6. The third-order valence-corrected chi connectivity index (χ3v) is 9.77. The van der Waals surface area contributed by atoms with Crippen LogP contribution in [0.4, 0.5) is 5.82 Å². The number of ether oxygens (including phenoxy) is 1. The topological polar surface area (TPSA) is 104 Å². The zero-order valence-corrected chi connectivity index (χ0v) is 26.2. The molecule has 11 heteroatoms. The fourth-order valence-corrected chi connectivity index (χ4v) is 7.10. The third kappa shape index (κ3) is 4.68. The highest BCUT2D eigenvalue weighted by molar-refractivity contribution is 6.36. The average Bonchev–Trinajstić information content (AvgIpc) is 3.78. The number of likely N-dealkylation sites (N-methyl/N-ethyl adjacent to an activating group) is 1. The summed E-state index contributed by atoms with van der Waals surface area (Å²) in [5.41, 5.74) is 4.99. The molecule has 0 unspecified atom stereocenters. The molecule has 2 fully saturated rings. The van der Waals surface area contributed by atoms with Gasteiger partial charge in [0.2, 0.25) is 5.91 Å². The molecule has 2 aliphatic heterocycles. The van der Waals surface area contributed by atoms with E-state index in [1.165, 1.54) is 6.08 Å². The molecule has 0 aliphatic carbocycles. The van der Waals surface area contributed by atoms with E-state index in [2.05, 4.69) is 46.6 Å². The van der Waals surface area contributed by atoms with Crippen LogP contribution in [0, 0.1) is 6.92 Å². The summed E-state index contributed by atoms with van der Waals surface area (Å²) in [6, 6.07) is 6.59. The van der Waals surface area contributed by atoms with Crippen molar-refractivity contribution in [1.29, 1.82) is 0 Å². The van der Waals surface area contributed by atoms with Gasteiger partial charge in [0.15, 0.2) is 0 Å². The van der Waals surface area contributed by atoms with Crippen molar-refractivity contribution in [3.63, 3.8) is 0 Å². The number of benzene rings is 2. The molecular formula is C33H36ClN7O3. The van der Waals surface area contributed by atoms with Crippen LogP contribution in [0.3, 0.4) is 0 Å². The third-order valence-electron chi connectivity index (χ3n) is 9.29. The zero-order valence-electron chi connectivity index (χ0n) is 25.4. The van der Waals surface area contributed by atoms with E-state index in [-0.39, 0.29) is 18.0 Å². The van der Waals surface area contributed by atoms with Crippen molar-refractivity contribution < 1.29 is 13.9 Å². The highest BCUT2D eigenvalue weighted by atomic mass is 35.5. The van der Waals surface area contributed by atoms with E-state index >= 15 is 0 Å². The van der Waals surface area contributed by atoms with Gasteiger partial charge >= 0.3 is 6.01 Å². The van der Waals surface area contributed by atoms with Crippen LogP contribution in [-0.2, 0) is 4.79 Å². The van der Waals surface area contributed by atoms with Gasteiger partial charge in [0.1, 0.15) is 18.0 Å². The van der Waals surface area contributed by atoms with E-state index in [4.69, 9.17) is 30.7 Å². The monoisotopic (exact) mass is 613 g/mol. The maximum Gasteiger partial charge on any atom is 0.319 e. The fourth-order valence-electron chi connectivity index (χ4n) is 6.85. The molecule has 5 aromatic rings. The number of nitrogens with one attached hydrogen (secondary N) is 1. The first-order valence-electron chi connectivity index (χ1n) is 15.1. The summed E-state index contributed by atoms with van der Waals surface area (Å²) in [4.78, 5) is 29.1. The summed E-state index contributed by atoms with van der Waals surface area (Å²) in [6.45, 7) is 12.5. The highest BCUT2D eigenvalue weighted by Crippen LogP contribution is 2.45. The predicted molar refractivity (Wildman–Crippen MR) is 173 cm³/mol. The van der Waals surface area contributed by atoms with Gasteiger partial charge in [-0.1, -0.05) is 18.2 Å². The van der Waals surface area contributed by atoms with E-state index in [1.54, 1.807) is 12.5 Å². The first-order chi connectivity index (χ1) is 21.2. The standard InChI is InChI=1S/C33H36ClN7O3/c1-6-27(42)40-15-20(4)41(16-19(40)3)32-29-26(36-33(37-32)44-17-21-8-7-10-39(21)5)13-23(22-9-11-43-31(22)29)28-24-14-35-38-25(24)12-18(2)30(28)34/h6,9,11-14,19-21H,1,7-8,10,15-17H2,2-5H3,(H,35,38)/t19-,20+,21+/m1/s1. The molecule has 3 aromatic heterocycles. The van der Waals surface area contributed by atoms with E-state index in [1.807, 2.05) is 30.9 Å². The van der Waals surface area contributed by atoms with Crippen molar-refractivity contribution in [2.45, 2.75) is 51.7 Å². The van der Waals surface area contributed by atoms with Gasteiger partial charge in [-0.2, -0.15) is 15.1 Å². The maximum absolute atomic E-state index is 12.6. The molecule has 0 saturated carbocycles. The number of amides is 1. The van der Waals surface area contributed by atoms with Gasteiger partial charge in [0.05, 0.1) is 33.9 Å². The quantitative estimate of drug-likeness (QED) is 0.234. The minimum absolute atomic E-state index is 0.0246. The van der Waals surface area contributed by atoms with Gasteiger partial charge in [-0.25, -0.2) is 0 Å². The second-order valence-electron chi connectivity index (χ2n) is 12.2. The Bertz CT molecular complexity index is 1920. The second-order valence-corrected chi connectivity index (χ2v) is 12.5. The number of anilines is 1. The Labute approximate surface area is 260 Å². The van der Waals surface area contributed by atoms with Crippen molar-refractivity contribution in [3.05, 3.63) is 53.9 Å². The van der Waals surface area contributed by atoms with Gasteiger partial charge in [-0.3, -0.25) is 9.89 Å². The normalized spacial score (nSPS) is 21.2. The number of carbonyl (C=O) groups is 1. The number of aromatic amines is 1. The number of hydrogen-bond acceptors (Lipinski definition) is 8. The lowest BCUT2D eigenvalue weighted by molar-refractivity contribution is -0.128.